The Morgan fingerprint density at radius 2 is 1.95 bits per heavy atom. The molecule has 1 aromatic heterocycles. The highest BCUT2D eigenvalue weighted by atomic mass is 16.1. The van der Waals surface area contributed by atoms with Gasteiger partial charge in [-0.15, -0.1) is 0 Å². The standard InChI is InChI=1S/C15H15N3O/c1-11-6-7-12(2)18(11)14-5-3-4-13(10-14)17-15(19)8-9-16/h3-7,10H,8H2,1-2H3,(H,17,19). The van der Waals surface area contributed by atoms with Crippen molar-refractivity contribution in [1.82, 2.24) is 4.57 Å². The molecule has 19 heavy (non-hydrogen) atoms. The number of nitriles is 1. The monoisotopic (exact) mass is 253 g/mol. The lowest BCUT2D eigenvalue weighted by atomic mass is 10.2. The molecule has 0 saturated heterocycles. The van der Waals surface area contributed by atoms with Gasteiger partial charge in [0, 0.05) is 22.8 Å². The predicted octanol–water partition coefficient (Wildman–Crippen LogP) is 2.95. The molecular formula is C15H15N3O. The van der Waals surface area contributed by atoms with E-state index in [9.17, 15) is 4.79 Å². The summed E-state index contributed by atoms with van der Waals surface area (Å²) in [6.45, 7) is 4.07. The molecule has 2 rings (SSSR count). The zero-order chi connectivity index (χ0) is 13.8. The van der Waals surface area contributed by atoms with Crippen molar-refractivity contribution in [2.24, 2.45) is 0 Å². The van der Waals surface area contributed by atoms with E-state index < -0.39 is 0 Å². The molecule has 4 heteroatoms. The summed E-state index contributed by atoms with van der Waals surface area (Å²) >= 11 is 0. The Morgan fingerprint density at radius 3 is 2.58 bits per heavy atom. The van der Waals surface area contributed by atoms with Gasteiger partial charge in [0.15, 0.2) is 0 Å². The van der Waals surface area contributed by atoms with Gasteiger partial charge >= 0.3 is 0 Å². The van der Waals surface area contributed by atoms with Crippen LogP contribution >= 0.6 is 0 Å². The van der Waals surface area contributed by atoms with Gasteiger partial charge in [0.05, 0.1) is 6.07 Å². The highest BCUT2D eigenvalue weighted by Crippen LogP contribution is 2.19. The molecule has 0 aliphatic carbocycles. The van der Waals surface area contributed by atoms with Gasteiger partial charge in [-0.3, -0.25) is 4.79 Å². The van der Waals surface area contributed by atoms with E-state index in [2.05, 4.69) is 22.0 Å². The SMILES string of the molecule is Cc1ccc(C)n1-c1cccc(NC(=O)CC#N)c1. The van der Waals surface area contributed by atoms with Crippen molar-refractivity contribution in [3.63, 3.8) is 0 Å². The topological polar surface area (TPSA) is 57.8 Å². The summed E-state index contributed by atoms with van der Waals surface area (Å²) in [6.07, 6.45) is -0.133. The van der Waals surface area contributed by atoms with Crippen LogP contribution in [0.1, 0.15) is 17.8 Å². The van der Waals surface area contributed by atoms with Crippen LogP contribution in [-0.4, -0.2) is 10.5 Å². The van der Waals surface area contributed by atoms with Gasteiger partial charge in [0.2, 0.25) is 5.91 Å². The summed E-state index contributed by atoms with van der Waals surface area (Å²) < 4.78 is 2.11. The number of amides is 1. The van der Waals surface area contributed by atoms with E-state index in [1.54, 1.807) is 0 Å². The van der Waals surface area contributed by atoms with Crippen LogP contribution in [-0.2, 0) is 4.79 Å². The molecule has 1 aromatic carbocycles. The molecule has 0 spiro atoms. The fourth-order valence-corrected chi connectivity index (χ4v) is 2.08. The van der Waals surface area contributed by atoms with Gasteiger partial charge in [-0.25, -0.2) is 0 Å². The van der Waals surface area contributed by atoms with Gasteiger partial charge in [0.1, 0.15) is 6.42 Å². The zero-order valence-electron chi connectivity index (χ0n) is 11.0. The van der Waals surface area contributed by atoms with Gasteiger partial charge in [-0.2, -0.15) is 5.26 Å². The molecule has 0 saturated carbocycles. The Balaban J connectivity index is 2.30. The smallest absolute Gasteiger partial charge is 0.238 e. The highest BCUT2D eigenvalue weighted by Gasteiger charge is 2.06. The average Bonchev–Trinajstić information content (AvgIpc) is 2.69. The van der Waals surface area contributed by atoms with Crippen LogP contribution in [0.15, 0.2) is 36.4 Å². The van der Waals surface area contributed by atoms with Crippen molar-refractivity contribution >= 4 is 11.6 Å². The number of nitrogens with zero attached hydrogens (tertiary/aromatic N) is 2. The molecular weight excluding hydrogens is 238 g/mol. The largest absolute Gasteiger partial charge is 0.325 e. The van der Waals surface area contributed by atoms with E-state index in [0.29, 0.717) is 5.69 Å². The maximum Gasteiger partial charge on any atom is 0.238 e. The number of carbonyl (C=O) groups is 1. The molecule has 1 heterocycles. The molecule has 1 N–H and O–H groups in total. The van der Waals surface area contributed by atoms with Crippen molar-refractivity contribution in [2.45, 2.75) is 20.3 Å². The number of nitrogens with one attached hydrogen (secondary N) is 1. The van der Waals surface area contributed by atoms with Crippen LogP contribution in [0.2, 0.25) is 0 Å². The maximum atomic E-state index is 11.4. The summed E-state index contributed by atoms with van der Waals surface area (Å²) in [5, 5.41) is 11.2. The predicted molar refractivity (Wildman–Crippen MR) is 74.1 cm³/mol. The molecule has 0 radical (unpaired) electrons. The molecule has 96 valence electrons. The van der Waals surface area contributed by atoms with Gasteiger partial charge < -0.3 is 9.88 Å². The van der Waals surface area contributed by atoms with E-state index in [0.717, 1.165) is 17.1 Å². The van der Waals surface area contributed by atoms with Crippen molar-refractivity contribution in [3.05, 3.63) is 47.8 Å². The summed E-state index contributed by atoms with van der Waals surface area (Å²) in [6, 6.07) is 13.5. The number of hydrogen-bond donors (Lipinski definition) is 1. The minimum absolute atomic E-state index is 0.133. The van der Waals surface area contributed by atoms with Gasteiger partial charge in [-0.1, -0.05) is 6.07 Å². The lowest BCUT2D eigenvalue weighted by Gasteiger charge is -2.11. The first kappa shape index (κ1) is 12.9. The van der Waals surface area contributed by atoms with Gasteiger partial charge in [-0.05, 0) is 44.2 Å². The summed E-state index contributed by atoms with van der Waals surface area (Å²) in [5.74, 6) is -0.291. The first-order valence-corrected chi connectivity index (χ1v) is 6.04. The molecule has 0 aliphatic rings. The van der Waals surface area contributed by atoms with E-state index in [-0.39, 0.29) is 12.3 Å². The number of anilines is 1. The fraction of sp³-hybridized carbons (Fsp3) is 0.200. The van der Waals surface area contributed by atoms with Crippen molar-refractivity contribution in [3.8, 4) is 11.8 Å². The Hall–Kier alpha value is -2.54. The third-order valence-corrected chi connectivity index (χ3v) is 2.90. The van der Waals surface area contributed by atoms with Crippen LogP contribution < -0.4 is 5.32 Å². The minimum Gasteiger partial charge on any atom is -0.325 e. The Bertz CT molecular complexity index is 630. The number of aromatic nitrogens is 1. The second-order valence-corrected chi connectivity index (χ2v) is 4.38. The van der Waals surface area contributed by atoms with Crippen molar-refractivity contribution in [2.75, 3.05) is 5.32 Å². The molecule has 0 aliphatic heterocycles. The first-order valence-electron chi connectivity index (χ1n) is 6.04. The highest BCUT2D eigenvalue weighted by molar-refractivity contribution is 5.92. The molecule has 2 aromatic rings. The van der Waals surface area contributed by atoms with Crippen LogP contribution in [0.3, 0.4) is 0 Å². The second kappa shape index (κ2) is 5.40. The number of hydrogen-bond acceptors (Lipinski definition) is 2. The summed E-state index contributed by atoms with van der Waals surface area (Å²) in [7, 11) is 0. The van der Waals surface area contributed by atoms with Crippen LogP contribution in [0.4, 0.5) is 5.69 Å². The molecule has 0 atom stereocenters. The lowest BCUT2D eigenvalue weighted by molar-refractivity contribution is -0.115. The molecule has 0 bridgehead atoms. The van der Waals surface area contributed by atoms with Crippen LogP contribution in [0.5, 0.6) is 0 Å². The lowest BCUT2D eigenvalue weighted by Crippen LogP contribution is -2.10. The van der Waals surface area contributed by atoms with E-state index in [1.807, 2.05) is 44.2 Å². The van der Waals surface area contributed by atoms with Crippen LogP contribution in [0, 0.1) is 25.2 Å². The Kier molecular flexibility index (Phi) is 3.67. The minimum atomic E-state index is -0.291. The van der Waals surface area contributed by atoms with E-state index in [1.165, 1.54) is 0 Å². The Morgan fingerprint density at radius 1 is 1.26 bits per heavy atom. The number of aryl methyl sites for hydroxylation is 2. The zero-order valence-corrected chi connectivity index (χ0v) is 11.0. The normalized spacial score (nSPS) is 9.95. The van der Waals surface area contributed by atoms with Crippen molar-refractivity contribution in [1.29, 1.82) is 5.26 Å². The number of carbonyl (C=O) groups excluding carboxylic acids is 1. The average molecular weight is 253 g/mol. The molecule has 1 amide bonds. The third-order valence-electron chi connectivity index (χ3n) is 2.90. The van der Waals surface area contributed by atoms with E-state index in [4.69, 9.17) is 5.26 Å². The van der Waals surface area contributed by atoms with Crippen LogP contribution in [0.25, 0.3) is 5.69 Å². The molecule has 4 nitrogen and oxygen atoms in total. The summed E-state index contributed by atoms with van der Waals surface area (Å²) in [5.41, 5.74) is 3.97. The maximum absolute atomic E-state index is 11.4. The molecule has 0 fully saturated rings. The summed E-state index contributed by atoms with van der Waals surface area (Å²) in [4.78, 5) is 11.4. The van der Waals surface area contributed by atoms with E-state index >= 15 is 0 Å². The second-order valence-electron chi connectivity index (χ2n) is 4.38. The third kappa shape index (κ3) is 2.83. The van der Waals surface area contributed by atoms with Gasteiger partial charge in [0.25, 0.3) is 0 Å². The Labute approximate surface area is 112 Å². The number of rotatable bonds is 3. The quantitative estimate of drug-likeness (QED) is 0.914. The molecule has 0 unspecified atom stereocenters. The van der Waals surface area contributed by atoms with Crippen molar-refractivity contribution < 1.29 is 4.79 Å². The fourth-order valence-electron chi connectivity index (χ4n) is 2.08. The first-order chi connectivity index (χ1) is 9.11. The number of benzene rings is 1.